The predicted octanol–water partition coefficient (Wildman–Crippen LogP) is 6.60. The Morgan fingerprint density at radius 1 is 1.00 bits per heavy atom. The van der Waals surface area contributed by atoms with E-state index >= 15 is 0 Å². The highest BCUT2D eigenvalue weighted by molar-refractivity contribution is 9.09. The smallest absolute Gasteiger partial charge is 0.111 e. The van der Waals surface area contributed by atoms with Gasteiger partial charge in [0, 0.05) is 10.9 Å². The van der Waals surface area contributed by atoms with Crippen LogP contribution in [0.3, 0.4) is 0 Å². The monoisotopic (exact) mass is 432 g/mol. The van der Waals surface area contributed by atoms with Crippen LogP contribution in [0.25, 0.3) is 10.2 Å². The fraction of sp³-hybridized carbons (Fsp3) is 0.682. The van der Waals surface area contributed by atoms with Gasteiger partial charge in [-0.15, -0.1) is 11.3 Å². The standard InChI is InChI=1S/C22H29BrN2S/c23-16-9-6-13-22(15-7-2-1-3-8-15)14-12-18(24-20(16)22)21-25-17-10-4-5-11-19(17)26-21/h4-5,10-11,15-16,18,20,24H,1-3,6-9,12-14H2. The van der Waals surface area contributed by atoms with Crippen molar-refractivity contribution in [1.29, 1.82) is 0 Å². The van der Waals surface area contributed by atoms with Gasteiger partial charge in [-0.1, -0.05) is 53.7 Å². The lowest BCUT2D eigenvalue weighted by Gasteiger charge is -2.56. The van der Waals surface area contributed by atoms with E-state index in [-0.39, 0.29) is 0 Å². The first kappa shape index (κ1) is 17.6. The van der Waals surface area contributed by atoms with Crippen LogP contribution < -0.4 is 5.32 Å². The number of nitrogens with one attached hydrogen (secondary N) is 1. The molecule has 5 rings (SSSR count). The van der Waals surface area contributed by atoms with E-state index in [4.69, 9.17) is 4.98 Å². The lowest BCUT2D eigenvalue weighted by Crippen LogP contribution is -2.60. The molecule has 140 valence electrons. The number of piperidine rings is 1. The van der Waals surface area contributed by atoms with Gasteiger partial charge in [-0.25, -0.2) is 4.98 Å². The maximum atomic E-state index is 4.98. The molecule has 2 aliphatic carbocycles. The van der Waals surface area contributed by atoms with E-state index in [1.165, 1.54) is 73.9 Å². The number of alkyl halides is 1. The summed E-state index contributed by atoms with van der Waals surface area (Å²) in [7, 11) is 0. The molecule has 1 aliphatic heterocycles. The molecule has 1 saturated heterocycles. The molecule has 1 N–H and O–H groups in total. The van der Waals surface area contributed by atoms with Crippen LogP contribution >= 0.6 is 27.3 Å². The second-order valence-corrected chi connectivity index (χ2v) is 11.0. The third kappa shape index (κ3) is 2.97. The van der Waals surface area contributed by atoms with Gasteiger partial charge >= 0.3 is 0 Å². The summed E-state index contributed by atoms with van der Waals surface area (Å²) in [5.74, 6) is 0.936. The molecule has 1 aromatic heterocycles. The minimum atomic E-state index is 0.437. The first-order valence-corrected chi connectivity index (χ1v) is 12.3. The first-order valence-electron chi connectivity index (χ1n) is 10.5. The molecule has 0 radical (unpaired) electrons. The van der Waals surface area contributed by atoms with Crippen LogP contribution in [0.15, 0.2) is 24.3 Å². The van der Waals surface area contributed by atoms with Gasteiger partial charge in [0.1, 0.15) is 5.01 Å². The molecule has 2 aromatic rings. The van der Waals surface area contributed by atoms with Gasteiger partial charge in [-0.3, -0.25) is 0 Å². The number of halogens is 1. The summed E-state index contributed by atoms with van der Waals surface area (Å²) in [4.78, 5) is 5.60. The number of para-hydroxylation sites is 1. The summed E-state index contributed by atoms with van der Waals surface area (Å²) in [5, 5.41) is 5.42. The minimum Gasteiger partial charge on any atom is -0.303 e. The van der Waals surface area contributed by atoms with Crippen LogP contribution in [-0.2, 0) is 0 Å². The molecule has 4 unspecified atom stereocenters. The zero-order valence-electron chi connectivity index (χ0n) is 15.4. The number of fused-ring (bicyclic) bond motifs is 2. The Labute approximate surface area is 169 Å². The first-order chi connectivity index (χ1) is 12.8. The maximum Gasteiger partial charge on any atom is 0.111 e. The second kappa shape index (κ2) is 7.18. The summed E-state index contributed by atoms with van der Waals surface area (Å²) in [6.45, 7) is 0. The highest BCUT2D eigenvalue weighted by atomic mass is 79.9. The zero-order valence-corrected chi connectivity index (χ0v) is 17.8. The Kier molecular flexibility index (Phi) is 4.87. The number of benzene rings is 1. The van der Waals surface area contributed by atoms with E-state index < -0.39 is 0 Å². The van der Waals surface area contributed by atoms with E-state index in [0.29, 0.717) is 22.3 Å². The van der Waals surface area contributed by atoms with Crippen LogP contribution in [0, 0.1) is 11.3 Å². The van der Waals surface area contributed by atoms with Crippen molar-refractivity contribution in [2.24, 2.45) is 11.3 Å². The Morgan fingerprint density at radius 3 is 2.69 bits per heavy atom. The average molecular weight is 433 g/mol. The molecule has 4 atom stereocenters. The lowest BCUT2D eigenvalue weighted by molar-refractivity contribution is -0.00866. The Morgan fingerprint density at radius 2 is 1.85 bits per heavy atom. The summed E-state index contributed by atoms with van der Waals surface area (Å²) in [6.07, 6.45) is 14.1. The van der Waals surface area contributed by atoms with Gasteiger partial charge in [0.15, 0.2) is 0 Å². The van der Waals surface area contributed by atoms with Crippen molar-refractivity contribution in [3.63, 3.8) is 0 Å². The zero-order chi connectivity index (χ0) is 17.6. The Balaban J connectivity index is 1.43. The van der Waals surface area contributed by atoms with Gasteiger partial charge in [-0.2, -0.15) is 0 Å². The van der Waals surface area contributed by atoms with Crippen LogP contribution in [0.5, 0.6) is 0 Å². The van der Waals surface area contributed by atoms with Gasteiger partial charge in [0.05, 0.1) is 16.3 Å². The van der Waals surface area contributed by atoms with Gasteiger partial charge in [-0.05, 0) is 62.0 Å². The van der Waals surface area contributed by atoms with E-state index in [0.717, 1.165) is 11.4 Å². The van der Waals surface area contributed by atoms with Gasteiger partial charge in [0.25, 0.3) is 0 Å². The molecular formula is C22H29BrN2S. The largest absolute Gasteiger partial charge is 0.303 e. The fourth-order valence-corrected chi connectivity index (χ4v) is 8.21. The molecular weight excluding hydrogens is 404 g/mol. The molecule has 0 spiro atoms. The molecule has 3 aliphatic rings. The maximum absolute atomic E-state index is 4.98. The second-order valence-electron chi connectivity index (χ2n) is 8.73. The fourth-order valence-electron chi connectivity index (χ4n) is 6.15. The number of nitrogens with zero attached hydrogens (tertiary/aromatic N) is 1. The highest BCUT2D eigenvalue weighted by Gasteiger charge is 2.52. The normalized spacial score (nSPS) is 36.1. The topological polar surface area (TPSA) is 24.9 Å². The number of aromatic nitrogens is 1. The predicted molar refractivity (Wildman–Crippen MR) is 114 cm³/mol. The van der Waals surface area contributed by atoms with E-state index in [9.17, 15) is 0 Å². The van der Waals surface area contributed by atoms with Crippen molar-refractivity contribution >= 4 is 37.5 Å². The summed E-state index contributed by atoms with van der Waals surface area (Å²) < 4.78 is 1.33. The molecule has 2 heterocycles. The molecule has 1 aromatic carbocycles. The van der Waals surface area contributed by atoms with Crippen LogP contribution in [0.1, 0.15) is 75.3 Å². The van der Waals surface area contributed by atoms with Crippen LogP contribution in [0.4, 0.5) is 0 Å². The third-order valence-corrected chi connectivity index (χ3v) is 9.55. The molecule has 3 fully saturated rings. The molecule has 2 nitrogen and oxygen atoms in total. The quantitative estimate of drug-likeness (QED) is 0.540. The number of hydrogen-bond donors (Lipinski definition) is 1. The summed E-state index contributed by atoms with van der Waals surface area (Å²) >= 11 is 5.98. The number of rotatable bonds is 2. The number of thiazole rings is 1. The third-order valence-electron chi connectivity index (χ3n) is 7.41. The molecule has 0 bridgehead atoms. The minimum absolute atomic E-state index is 0.437. The van der Waals surface area contributed by atoms with Crippen molar-refractivity contribution < 1.29 is 0 Å². The van der Waals surface area contributed by atoms with Crippen molar-refractivity contribution in [2.45, 2.75) is 81.1 Å². The molecule has 2 saturated carbocycles. The van der Waals surface area contributed by atoms with Gasteiger partial charge < -0.3 is 5.32 Å². The summed E-state index contributed by atoms with van der Waals surface area (Å²) in [5.41, 5.74) is 1.69. The SMILES string of the molecule is BrC1CCCC2(C3CCCCC3)CCC(c3nc4ccccc4s3)NC12. The highest BCUT2D eigenvalue weighted by Crippen LogP contribution is 2.56. The Bertz CT molecular complexity index is 735. The van der Waals surface area contributed by atoms with Gasteiger partial charge in [0.2, 0.25) is 0 Å². The van der Waals surface area contributed by atoms with Crippen molar-refractivity contribution in [2.75, 3.05) is 0 Å². The van der Waals surface area contributed by atoms with Crippen LogP contribution in [-0.4, -0.2) is 15.9 Å². The van der Waals surface area contributed by atoms with E-state index in [1.54, 1.807) is 0 Å². The molecule has 4 heteroatoms. The van der Waals surface area contributed by atoms with E-state index in [1.807, 2.05) is 11.3 Å². The molecule has 0 amide bonds. The average Bonchev–Trinajstić information content (AvgIpc) is 3.13. The lowest BCUT2D eigenvalue weighted by atomic mass is 9.55. The van der Waals surface area contributed by atoms with Crippen LogP contribution in [0.2, 0.25) is 0 Å². The summed E-state index contributed by atoms with van der Waals surface area (Å²) in [6, 6.07) is 9.64. The van der Waals surface area contributed by atoms with Crippen molar-refractivity contribution in [3.05, 3.63) is 29.3 Å². The van der Waals surface area contributed by atoms with Crippen molar-refractivity contribution in [3.8, 4) is 0 Å². The van der Waals surface area contributed by atoms with Crippen molar-refractivity contribution in [1.82, 2.24) is 10.3 Å². The Hall–Kier alpha value is -0.450. The van der Waals surface area contributed by atoms with E-state index in [2.05, 4.69) is 45.5 Å². The number of hydrogen-bond acceptors (Lipinski definition) is 3. The molecule has 26 heavy (non-hydrogen) atoms.